The van der Waals surface area contributed by atoms with Crippen molar-refractivity contribution in [2.24, 2.45) is 0 Å². The van der Waals surface area contributed by atoms with Gasteiger partial charge < -0.3 is 10.6 Å². The van der Waals surface area contributed by atoms with Gasteiger partial charge in [-0.3, -0.25) is 9.20 Å². The number of aromatic nitrogens is 3. The number of hydrogen-bond acceptors (Lipinski definition) is 6. The van der Waals surface area contributed by atoms with E-state index in [1.54, 1.807) is 23.5 Å². The maximum atomic E-state index is 12.7. The second-order valence-electron chi connectivity index (χ2n) is 6.96. The van der Waals surface area contributed by atoms with E-state index >= 15 is 0 Å². The van der Waals surface area contributed by atoms with Crippen LogP contribution in [0.4, 0.5) is 5.69 Å². The van der Waals surface area contributed by atoms with E-state index in [1.165, 1.54) is 12.4 Å². The Labute approximate surface area is 179 Å². The molecule has 8 nitrogen and oxygen atoms in total. The number of nitrogens with one attached hydrogen (secondary N) is 2. The van der Waals surface area contributed by atoms with Crippen LogP contribution in [-0.4, -0.2) is 41.2 Å². The molecule has 2 aromatic heterocycles. The number of benzene rings is 1. The van der Waals surface area contributed by atoms with E-state index in [-0.39, 0.29) is 11.9 Å². The van der Waals surface area contributed by atoms with Gasteiger partial charge >= 0.3 is 0 Å². The Bertz CT molecular complexity index is 1210. The van der Waals surface area contributed by atoms with Gasteiger partial charge in [0.05, 0.1) is 11.7 Å². The van der Waals surface area contributed by atoms with Crippen LogP contribution in [0.2, 0.25) is 5.02 Å². The van der Waals surface area contributed by atoms with Gasteiger partial charge in [-0.2, -0.15) is 0 Å². The summed E-state index contributed by atoms with van der Waals surface area (Å²) in [6, 6.07) is 10.4. The molecule has 2 heterocycles. The summed E-state index contributed by atoms with van der Waals surface area (Å²) in [5, 5.41) is 15.9. The van der Waals surface area contributed by atoms with Crippen molar-refractivity contribution < 1.29 is 13.2 Å². The van der Waals surface area contributed by atoms with Crippen LogP contribution in [0.1, 0.15) is 35.9 Å². The molecule has 3 rings (SSSR count). The van der Waals surface area contributed by atoms with Crippen molar-refractivity contribution in [3.63, 3.8) is 0 Å². The molecule has 3 aromatic rings. The third-order valence-electron chi connectivity index (χ3n) is 4.41. The highest BCUT2D eigenvalue weighted by atomic mass is 35.5. The Morgan fingerprint density at radius 3 is 2.63 bits per heavy atom. The predicted molar refractivity (Wildman–Crippen MR) is 117 cm³/mol. The molecule has 0 aliphatic carbocycles. The van der Waals surface area contributed by atoms with Crippen molar-refractivity contribution in [1.29, 1.82) is 0 Å². The van der Waals surface area contributed by atoms with Crippen molar-refractivity contribution in [2.75, 3.05) is 11.6 Å². The van der Waals surface area contributed by atoms with Crippen LogP contribution in [0.25, 0.3) is 5.65 Å². The molecule has 0 saturated heterocycles. The van der Waals surface area contributed by atoms with Gasteiger partial charge in [-0.15, -0.1) is 10.2 Å². The minimum atomic E-state index is -3.26. The molecule has 1 amide bonds. The van der Waals surface area contributed by atoms with Gasteiger partial charge in [0.15, 0.2) is 15.5 Å². The number of halogens is 1. The SMILES string of the molecule is C[C@H](/C=C/S(C)(=O)=O)NC(=O)c1ccc(N[C@@H](C)c2ccccc2Cl)c2nncn12. The van der Waals surface area contributed by atoms with Crippen molar-refractivity contribution in [3.05, 3.63) is 70.5 Å². The molecule has 0 aliphatic heterocycles. The quantitative estimate of drug-likeness (QED) is 0.576. The van der Waals surface area contributed by atoms with Gasteiger partial charge in [-0.25, -0.2) is 8.42 Å². The van der Waals surface area contributed by atoms with Crippen LogP contribution in [0.15, 0.2) is 54.2 Å². The fourth-order valence-electron chi connectivity index (χ4n) is 2.94. The average Bonchev–Trinajstić information content (AvgIpc) is 3.16. The Kier molecular flexibility index (Phi) is 6.42. The topological polar surface area (TPSA) is 105 Å². The first-order valence-corrected chi connectivity index (χ1v) is 11.5. The van der Waals surface area contributed by atoms with E-state index in [2.05, 4.69) is 20.8 Å². The number of pyridine rings is 1. The molecule has 0 bridgehead atoms. The number of hydrogen-bond donors (Lipinski definition) is 2. The van der Waals surface area contributed by atoms with E-state index in [1.807, 2.05) is 31.2 Å². The molecule has 2 N–H and O–H groups in total. The van der Waals surface area contributed by atoms with Gasteiger partial charge in [-0.05, 0) is 37.6 Å². The van der Waals surface area contributed by atoms with Crippen molar-refractivity contribution >= 4 is 38.7 Å². The lowest BCUT2D eigenvalue weighted by Gasteiger charge is -2.18. The number of carbonyl (C=O) groups excluding carboxylic acids is 1. The fraction of sp³-hybridized carbons (Fsp3) is 0.250. The standard InChI is InChI=1S/C20H22ClN5O3S/c1-13(10-11-30(3,28)29)23-20(27)18-9-8-17(19-25-22-12-26(18)19)24-14(2)15-6-4-5-7-16(15)21/h4-14,24H,1-3H3,(H,23,27)/b11-10+/t13-,14+/m1/s1. The number of fused-ring (bicyclic) bond motifs is 1. The first-order chi connectivity index (χ1) is 14.2. The van der Waals surface area contributed by atoms with Gasteiger partial charge in [0, 0.05) is 22.7 Å². The summed E-state index contributed by atoms with van der Waals surface area (Å²) in [5.41, 5.74) is 2.44. The molecule has 0 aliphatic rings. The van der Waals surface area contributed by atoms with Crippen LogP contribution in [0.5, 0.6) is 0 Å². The molecule has 0 radical (unpaired) electrons. The van der Waals surface area contributed by atoms with E-state index < -0.39 is 15.9 Å². The molecule has 0 fully saturated rings. The molecule has 0 unspecified atom stereocenters. The van der Waals surface area contributed by atoms with E-state index in [0.29, 0.717) is 22.1 Å². The van der Waals surface area contributed by atoms with Crippen LogP contribution in [0, 0.1) is 0 Å². The van der Waals surface area contributed by atoms with E-state index in [0.717, 1.165) is 17.2 Å². The van der Waals surface area contributed by atoms with Gasteiger partial charge in [0.1, 0.15) is 12.0 Å². The maximum Gasteiger partial charge on any atom is 0.268 e. The highest BCUT2D eigenvalue weighted by Crippen LogP contribution is 2.27. The number of nitrogens with zero attached hydrogens (tertiary/aromatic N) is 3. The van der Waals surface area contributed by atoms with Crippen molar-refractivity contribution in [1.82, 2.24) is 19.9 Å². The molecule has 2 atom stereocenters. The summed E-state index contributed by atoms with van der Waals surface area (Å²) < 4.78 is 24.1. The van der Waals surface area contributed by atoms with Crippen LogP contribution in [-0.2, 0) is 9.84 Å². The zero-order valence-electron chi connectivity index (χ0n) is 16.7. The summed E-state index contributed by atoms with van der Waals surface area (Å²) in [6.07, 6.45) is 3.96. The summed E-state index contributed by atoms with van der Waals surface area (Å²) >= 11 is 6.28. The Balaban J connectivity index is 1.83. The lowest BCUT2D eigenvalue weighted by molar-refractivity contribution is 0.0940. The highest BCUT2D eigenvalue weighted by molar-refractivity contribution is 7.93. The zero-order valence-corrected chi connectivity index (χ0v) is 18.3. The normalized spacial score (nSPS) is 14.0. The smallest absolute Gasteiger partial charge is 0.268 e. The van der Waals surface area contributed by atoms with Crippen LogP contribution in [0.3, 0.4) is 0 Å². The number of carbonyl (C=O) groups is 1. The summed E-state index contributed by atoms with van der Waals surface area (Å²) in [6.45, 7) is 3.66. The minimum absolute atomic E-state index is 0.0972. The molecule has 0 saturated carbocycles. The number of rotatable bonds is 7. The fourth-order valence-corrected chi connectivity index (χ4v) is 3.76. The molecular weight excluding hydrogens is 426 g/mol. The summed E-state index contributed by atoms with van der Waals surface area (Å²) in [7, 11) is -3.26. The lowest BCUT2D eigenvalue weighted by Crippen LogP contribution is -2.32. The van der Waals surface area contributed by atoms with Gasteiger partial charge in [-0.1, -0.05) is 35.9 Å². The second-order valence-corrected chi connectivity index (χ2v) is 9.30. The Morgan fingerprint density at radius 1 is 1.20 bits per heavy atom. The molecule has 1 aromatic carbocycles. The number of amides is 1. The second kappa shape index (κ2) is 8.85. The largest absolute Gasteiger partial charge is 0.375 e. The highest BCUT2D eigenvalue weighted by Gasteiger charge is 2.17. The van der Waals surface area contributed by atoms with E-state index in [9.17, 15) is 13.2 Å². The number of anilines is 1. The van der Waals surface area contributed by atoms with Gasteiger partial charge in [0.25, 0.3) is 5.91 Å². The monoisotopic (exact) mass is 447 g/mol. The molecule has 10 heteroatoms. The third-order valence-corrected chi connectivity index (χ3v) is 5.40. The maximum absolute atomic E-state index is 12.7. The van der Waals surface area contributed by atoms with Crippen molar-refractivity contribution in [3.8, 4) is 0 Å². The first kappa shape index (κ1) is 21.8. The number of sulfone groups is 1. The Hall–Kier alpha value is -2.91. The third kappa shape index (κ3) is 5.17. The van der Waals surface area contributed by atoms with Gasteiger partial charge in [0.2, 0.25) is 0 Å². The molecular formula is C20H22ClN5O3S. The van der Waals surface area contributed by atoms with Crippen LogP contribution >= 0.6 is 11.6 Å². The van der Waals surface area contributed by atoms with E-state index in [4.69, 9.17) is 11.6 Å². The first-order valence-electron chi connectivity index (χ1n) is 9.18. The minimum Gasteiger partial charge on any atom is -0.375 e. The van der Waals surface area contributed by atoms with Crippen LogP contribution < -0.4 is 10.6 Å². The molecule has 158 valence electrons. The molecule has 0 spiro atoms. The van der Waals surface area contributed by atoms with Crippen molar-refractivity contribution in [2.45, 2.75) is 25.9 Å². The Morgan fingerprint density at radius 2 is 1.93 bits per heavy atom. The predicted octanol–water partition coefficient (Wildman–Crippen LogP) is 3.23. The summed E-state index contributed by atoms with van der Waals surface area (Å²) in [5.74, 6) is -0.379. The molecule has 30 heavy (non-hydrogen) atoms. The average molecular weight is 448 g/mol. The summed E-state index contributed by atoms with van der Waals surface area (Å²) in [4.78, 5) is 12.7. The zero-order chi connectivity index (χ0) is 21.9. The lowest BCUT2D eigenvalue weighted by atomic mass is 10.1.